The van der Waals surface area contributed by atoms with Crippen LogP contribution in [0, 0.1) is 0 Å². The summed E-state index contributed by atoms with van der Waals surface area (Å²) in [5, 5.41) is 8.50. The van der Waals surface area contributed by atoms with E-state index in [9.17, 15) is 4.79 Å². The van der Waals surface area contributed by atoms with Gasteiger partial charge >= 0.3 is 5.97 Å². The van der Waals surface area contributed by atoms with E-state index in [1.165, 1.54) is 0 Å². The molecule has 0 saturated carbocycles. The van der Waals surface area contributed by atoms with Gasteiger partial charge in [0.15, 0.2) is 6.29 Å². The Bertz CT molecular complexity index is 157. The molecule has 4 heteroatoms. The molecule has 1 aliphatic heterocycles. The number of ether oxygens (including phenoxy) is 2. The Morgan fingerprint density at radius 1 is 1.67 bits per heavy atom. The molecule has 1 N–H and O–H groups in total. The zero-order chi connectivity index (χ0) is 8.97. The molecule has 1 aliphatic rings. The van der Waals surface area contributed by atoms with Gasteiger partial charge in [0.25, 0.3) is 0 Å². The highest BCUT2D eigenvalue weighted by molar-refractivity contribution is 5.67. The van der Waals surface area contributed by atoms with E-state index in [0.717, 1.165) is 6.42 Å². The molecular formula is C8H14O4. The van der Waals surface area contributed by atoms with Crippen LogP contribution in [0.2, 0.25) is 0 Å². The molecule has 0 bridgehead atoms. The van der Waals surface area contributed by atoms with Gasteiger partial charge in [0.1, 0.15) is 0 Å². The van der Waals surface area contributed by atoms with Gasteiger partial charge in [-0.1, -0.05) is 6.92 Å². The van der Waals surface area contributed by atoms with Gasteiger partial charge in [-0.25, -0.2) is 0 Å². The van der Waals surface area contributed by atoms with Crippen molar-refractivity contribution in [3.63, 3.8) is 0 Å². The summed E-state index contributed by atoms with van der Waals surface area (Å²) in [7, 11) is 0. The van der Waals surface area contributed by atoms with Gasteiger partial charge in [-0.05, 0) is 12.8 Å². The van der Waals surface area contributed by atoms with Gasteiger partial charge in [-0.2, -0.15) is 0 Å². The Hall–Kier alpha value is -0.610. The van der Waals surface area contributed by atoms with E-state index < -0.39 is 5.97 Å². The van der Waals surface area contributed by atoms with Gasteiger partial charge in [-0.3, -0.25) is 4.79 Å². The van der Waals surface area contributed by atoms with Crippen LogP contribution in [0.25, 0.3) is 0 Å². The second-order valence-corrected chi connectivity index (χ2v) is 2.85. The lowest BCUT2D eigenvalue weighted by atomic mass is 10.2. The van der Waals surface area contributed by atoms with Crippen molar-refractivity contribution in [3.8, 4) is 0 Å². The second kappa shape index (κ2) is 4.42. The van der Waals surface area contributed by atoms with E-state index >= 15 is 0 Å². The maximum absolute atomic E-state index is 10.3. The molecule has 70 valence electrons. The number of carboxylic acid groups (broad SMARTS) is 1. The van der Waals surface area contributed by atoms with Crippen molar-refractivity contribution in [1.29, 1.82) is 0 Å². The predicted octanol–water partition coefficient (Wildman–Crippen LogP) is 1.00. The summed E-state index contributed by atoms with van der Waals surface area (Å²) in [6.45, 7) is 2.56. The molecule has 1 fully saturated rings. The van der Waals surface area contributed by atoms with E-state index in [2.05, 4.69) is 0 Å². The standard InChI is InChI=1S/C8H14O4/c1-2-8-11-4-3-6(12-8)5-7(9)10/h6,8H,2-5H2,1H3,(H,9,10)/t6-,8?/m1/s1. The average Bonchev–Trinajstić information content (AvgIpc) is 2.03. The molecule has 0 aromatic carbocycles. The highest BCUT2D eigenvalue weighted by atomic mass is 16.7. The summed E-state index contributed by atoms with van der Waals surface area (Å²) in [5.41, 5.74) is 0. The van der Waals surface area contributed by atoms with E-state index in [0.29, 0.717) is 13.0 Å². The molecule has 1 rings (SSSR count). The minimum atomic E-state index is -0.809. The first-order chi connectivity index (χ1) is 5.72. The molecule has 0 aromatic rings. The van der Waals surface area contributed by atoms with Crippen molar-refractivity contribution in [2.45, 2.75) is 38.6 Å². The smallest absolute Gasteiger partial charge is 0.305 e. The fourth-order valence-electron chi connectivity index (χ4n) is 1.21. The number of aliphatic carboxylic acids is 1. The van der Waals surface area contributed by atoms with Crippen molar-refractivity contribution < 1.29 is 19.4 Å². The molecule has 0 amide bonds. The van der Waals surface area contributed by atoms with Crippen LogP contribution in [0.1, 0.15) is 26.2 Å². The molecular weight excluding hydrogens is 160 g/mol. The Morgan fingerprint density at radius 2 is 2.42 bits per heavy atom. The molecule has 12 heavy (non-hydrogen) atoms. The summed E-state index contributed by atoms with van der Waals surface area (Å²) in [6.07, 6.45) is 1.17. The van der Waals surface area contributed by atoms with Gasteiger partial charge in [0.2, 0.25) is 0 Å². The van der Waals surface area contributed by atoms with Crippen LogP contribution in [0.4, 0.5) is 0 Å². The van der Waals surface area contributed by atoms with Crippen molar-refractivity contribution in [1.82, 2.24) is 0 Å². The van der Waals surface area contributed by atoms with Gasteiger partial charge in [0.05, 0.1) is 19.1 Å². The van der Waals surface area contributed by atoms with Gasteiger partial charge in [-0.15, -0.1) is 0 Å². The van der Waals surface area contributed by atoms with Crippen molar-refractivity contribution >= 4 is 5.97 Å². The zero-order valence-corrected chi connectivity index (χ0v) is 7.16. The number of hydrogen-bond acceptors (Lipinski definition) is 3. The van der Waals surface area contributed by atoms with E-state index in [4.69, 9.17) is 14.6 Å². The van der Waals surface area contributed by atoms with E-state index in [-0.39, 0.29) is 18.8 Å². The van der Waals surface area contributed by atoms with Crippen LogP contribution in [0.5, 0.6) is 0 Å². The normalized spacial score (nSPS) is 30.1. The van der Waals surface area contributed by atoms with Crippen molar-refractivity contribution in [2.75, 3.05) is 6.61 Å². The highest BCUT2D eigenvalue weighted by Gasteiger charge is 2.23. The van der Waals surface area contributed by atoms with E-state index in [1.54, 1.807) is 0 Å². The fraction of sp³-hybridized carbons (Fsp3) is 0.875. The summed E-state index contributed by atoms with van der Waals surface area (Å²) < 4.78 is 10.6. The van der Waals surface area contributed by atoms with Crippen LogP contribution >= 0.6 is 0 Å². The quantitative estimate of drug-likeness (QED) is 0.693. The van der Waals surface area contributed by atoms with Crippen LogP contribution in [0.15, 0.2) is 0 Å². The Kier molecular flexibility index (Phi) is 3.49. The first kappa shape index (κ1) is 9.48. The molecule has 0 radical (unpaired) electrons. The fourth-order valence-corrected chi connectivity index (χ4v) is 1.21. The van der Waals surface area contributed by atoms with Crippen LogP contribution in [0.3, 0.4) is 0 Å². The summed E-state index contributed by atoms with van der Waals surface area (Å²) in [6, 6.07) is 0. The third-order valence-corrected chi connectivity index (χ3v) is 1.82. The highest BCUT2D eigenvalue weighted by Crippen LogP contribution is 2.16. The number of carbonyl (C=O) groups is 1. The number of hydrogen-bond donors (Lipinski definition) is 1. The minimum absolute atomic E-state index is 0.0832. The third-order valence-electron chi connectivity index (χ3n) is 1.82. The maximum atomic E-state index is 10.3. The monoisotopic (exact) mass is 174 g/mol. The van der Waals surface area contributed by atoms with Crippen molar-refractivity contribution in [2.24, 2.45) is 0 Å². The Labute approximate surface area is 71.5 Å². The number of rotatable bonds is 3. The average molecular weight is 174 g/mol. The summed E-state index contributed by atoms with van der Waals surface area (Å²) >= 11 is 0. The lowest BCUT2D eigenvalue weighted by molar-refractivity contribution is -0.215. The van der Waals surface area contributed by atoms with Crippen LogP contribution in [-0.2, 0) is 14.3 Å². The number of carboxylic acids is 1. The second-order valence-electron chi connectivity index (χ2n) is 2.85. The van der Waals surface area contributed by atoms with Crippen molar-refractivity contribution in [3.05, 3.63) is 0 Å². The Morgan fingerprint density at radius 3 is 3.00 bits per heavy atom. The van der Waals surface area contributed by atoms with E-state index in [1.807, 2.05) is 6.92 Å². The van der Waals surface area contributed by atoms with Crippen LogP contribution in [-0.4, -0.2) is 30.1 Å². The molecule has 0 aromatic heterocycles. The largest absolute Gasteiger partial charge is 0.481 e. The molecule has 0 aliphatic carbocycles. The zero-order valence-electron chi connectivity index (χ0n) is 7.16. The molecule has 1 heterocycles. The minimum Gasteiger partial charge on any atom is -0.481 e. The molecule has 1 saturated heterocycles. The van der Waals surface area contributed by atoms with Gasteiger partial charge in [0, 0.05) is 0 Å². The first-order valence-electron chi connectivity index (χ1n) is 4.21. The lowest BCUT2D eigenvalue weighted by Crippen LogP contribution is -2.33. The van der Waals surface area contributed by atoms with Crippen LogP contribution < -0.4 is 0 Å². The third kappa shape index (κ3) is 2.79. The topological polar surface area (TPSA) is 55.8 Å². The SMILES string of the molecule is CCC1OCC[C@H](CC(=O)O)O1. The summed E-state index contributed by atoms with van der Waals surface area (Å²) in [4.78, 5) is 10.3. The van der Waals surface area contributed by atoms with Gasteiger partial charge < -0.3 is 14.6 Å². The Balaban J connectivity index is 2.30. The first-order valence-corrected chi connectivity index (χ1v) is 4.21. The predicted molar refractivity (Wildman–Crippen MR) is 41.8 cm³/mol. The lowest BCUT2D eigenvalue weighted by Gasteiger charge is -2.28. The summed E-state index contributed by atoms with van der Waals surface area (Å²) in [5.74, 6) is -0.809. The molecule has 4 nitrogen and oxygen atoms in total. The molecule has 0 spiro atoms. The molecule has 1 unspecified atom stereocenters. The molecule has 2 atom stereocenters. The maximum Gasteiger partial charge on any atom is 0.305 e.